The number of rotatable bonds is 3. The second kappa shape index (κ2) is 4.05. The second-order valence-corrected chi connectivity index (χ2v) is 3.00. The molecule has 0 saturated carbocycles. The maximum absolute atomic E-state index is 10.9. The molecule has 0 aliphatic carbocycles. The molecule has 0 radical (unpaired) electrons. The summed E-state index contributed by atoms with van der Waals surface area (Å²) < 4.78 is 0. The summed E-state index contributed by atoms with van der Waals surface area (Å²) in [5, 5.41) is 0. The van der Waals surface area contributed by atoms with Crippen LogP contribution in [0.4, 0.5) is 0 Å². The molecule has 0 amide bonds. The zero-order valence-electron chi connectivity index (χ0n) is 7.63. The van der Waals surface area contributed by atoms with Crippen LogP contribution in [0.2, 0.25) is 0 Å². The van der Waals surface area contributed by atoms with Gasteiger partial charge in [-0.2, -0.15) is 0 Å². The average Bonchev–Trinajstić information content (AvgIpc) is 2.06. The monoisotopic (exact) mass is 162 g/mol. The summed E-state index contributed by atoms with van der Waals surface area (Å²) in [4.78, 5) is 10.9. The molecule has 0 saturated heterocycles. The lowest BCUT2D eigenvalue weighted by atomic mass is 10.1. The van der Waals surface area contributed by atoms with E-state index in [-0.39, 0.29) is 5.78 Å². The van der Waals surface area contributed by atoms with Gasteiger partial charge < -0.3 is 0 Å². The van der Waals surface area contributed by atoms with Crippen molar-refractivity contribution < 1.29 is 4.79 Å². The molecule has 0 spiro atoms. The van der Waals surface area contributed by atoms with Crippen molar-refractivity contribution in [3.8, 4) is 0 Å². The Labute approximate surface area is 73.4 Å². The van der Waals surface area contributed by atoms with Gasteiger partial charge in [0.1, 0.15) is 0 Å². The predicted molar refractivity (Wildman–Crippen MR) is 50.4 cm³/mol. The van der Waals surface area contributed by atoms with Crippen molar-refractivity contribution in [2.45, 2.75) is 26.7 Å². The van der Waals surface area contributed by atoms with Crippen molar-refractivity contribution in [3.05, 3.63) is 35.4 Å². The van der Waals surface area contributed by atoms with E-state index < -0.39 is 0 Å². The maximum Gasteiger partial charge on any atom is 0.159 e. The van der Waals surface area contributed by atoms with Crippen LogP contribution < -0.4 is 0 Å². The largest absolute Gasteiger partial charge is 0.295 e. The number of ketones is 1. The number of carbonyl (C=O) groups excluding carboxylic acids is 1. The van der Waals surface area contributed by atoms with E-state index in [0.717, 1.165) is 18.4 Å². The van der Waals surface area contributed by atoms with E-state index in [2.05, 4.69) is 6.92 Å². The van der Waals surface area contributed by atoms with Gasteiger partial charge in [-0.15, -0.1) is 0 Å². The highest BCUT2D eigenvalue weighted by atomic mass is 16.1. The van der Waals surface area contributed by atoms with E-state index in [1.165, 1.54) is 5.56 Å². The number of carbonyl (C=O) groups is 1. The summed E-state index contributed by atoms with van der Waals surface area (Å²) >= 11 is 0. The molecule has 1 nitrogen and oxygen atoms in total. The zero-order valence-corrected chi connectivity index (χ0v) is 7.63. The lowest BCUT2D eigenvalue weighted by Crippen LogP contribution is -1.91. The van der Waals surface area contributed by atoms with Crippen LogP contribution >= 0.6 is 0 Å². The van der Waals surface area contributed by atoms with Gasteiger partial charge in [0.25, 0.3) is 0 Å². The highest BCUT2D eigenvalue weighted by molar-refractivity contribution is 5.93. The van der Waals surface area contributed by atoms with Gasteiger partial charge in [0, 0.05) is 5.56 Å². The van der Waals surface area contributed by atoms with Crippen molar-refractivity contribution in [1.29, 1.82) is 0 Å². The predicted octanol–water partition coefficient (Wildman–Crippen LogP) is 2.84. The Bertz CT molecular complexity index is 259. The fourth-order valence-electron chi connectivity index (χ4n) is 1.19. The Hall–Kier alpha value is -1.11. The van der Waals surface area contributed by atoms with Crippen LogP contribution in [-0.2, 0) is 6.42 Å². The van der Waals surface area contributed by atoms with Gasteiger partial charge in [-0.25, -0.2) is 0 Å². The molecule has 1 rings (SSSR count). The van der Waals surface area contributed by atoms with Crippen LogP contribution in [0.3, 0.4) is 0 Å². The third kappa shape index (κ3) is 2.19. The first-order chi connectivity index (χ1) is 5.74. The summed E-state index contributed by atoms with van der Waals surface area (Å²) in [6.07, 6.45) is 2.25. The van der Waals surface area contributed by atoms with E-state index in [0.29, 0.717) is 0 Å². The molecule has 0 atom stereocenters. The van der Waals surface area contributed by atoms with Gasteiger partial charge in [0.05, 0.1) is 0 Å². The molecule has 1 aromatic rings. The van der Waals surface area contributed by atoms with Crippen LogP contribution in [0, 0.1) is 0 Å². The number of hydrogen-bond acceptors (Lipinski definition) is 1. The van der Waals surface area contributed by atoms with Gasteiger partial charge in [-0.1, -0.05) is 37.6 Å². The van der Waals surface area contributed by atoms with Crippen molar-refractivity contribution in [2.24, 2.45) is 0 Å². The molecule has 64 valence electrons. The maximum atomic E-state index is 10.9. The van der Waals surface area contributed by atoms with Crippen LogP contribution in [0.1, 0.15) is 36.2 Å². The van der Waals surface area contributed by atoms with Crippen LogP contribution in [-0.4, -0.2) is 5.78 Å². The molecule has 0 heterocycles. The van der Waals surface area contributed by atoms with Crippen LogP contribution in [0.15, 0.2) is 24.3 Å². The standard InChI is InChI=1S/C11H14O/c1-3-4-10-5-7-11(8-6-10)9(2)12/h5-8H,3-4H2,1-2H3. The van der Waals surface area contributed by atoms with Gasteiger partial charge in [0.2, 0.25) is 0 Å². The smallest absolute Gasteiger partial charge is 0.159 e. The average molecular weight is 162 g/mol. The summed E-state index contributed by atoms with van der Waals surface area (Å²) in [6, 6.07) is 7.85. The molecule has 0 aromatic heterocycles. The third-order valence-electron chi connectivity index (χ3n) is 1.90. The van der Waals surface area contributed by atoms with Gasteiger partial charge >= 0.3 is 0 Å². The van der Waals surface area contributed by atoms with E-state index in [9.17, 15) is 4.79 Å². The molecule has 1 heteroatoms. The van der Waals surface area contributed by atoms with E-state index in [1.807, 2.05) is 24.3 Å². The Morgan fingerprint density at radius 2 is 1.83 bits per heavy atom. The summed E-state index contributed by atoms with van der Waals surface area (Å²) in [6.45, 7) is 3.74. The molecule has 12 heavy (non-hydrogen) atoms. The summed E-state index contributed by atoms with van der Waals surface area (Å²) in [7, 11) is 0. The van der Waals surface area contributed by atoms with E-state index in [1.54, 1.807) is 6.92 Å². The quantitative estimate of drug-likeness (QED) is 0.624. The highest BCUT2D eigenvalue weighted by Crippen LogP contribution is 2.06. The van der Waals surface area contributed by atoms with Crippen molar-refractivity contribution in [3.63, 3.8) is 0 Å². The van der Waals surface area contributed by atoms with Crippen LogP contribution in [0.5, 0.6) is 0 Å². The molecule has 0 aliphatic heterocycles. The fourth-order valence-corrected chi connectivity index (χ4v) is 1.19. The summed E-state index contributed by atoms with van der Waals surface area (Å²) in [5.41, 5.74) is 2.11. The first-order valence-corrected chi connectivity index (χ1v) is 4.34. The first kappa shape index (κ1) is 8.98. The fraction of sp³-hybridized carbons (Fsp3) is 0.364. The number of hydrogen-bond donors (Lipinski definition) is 0. The van der Waals surface area contributed by atoms with Gasteiger partial charge in [-0.3, -0.25) is 4.79 Å². The SMILES string of the molecule is CCCc1ccc(C(C)=O)cc1. The lowest BCUT2D eigenvalue weighted by molar-refractivity contribution is 0.101. The topological polar surface area (TPSA) is 17.1 Å². The molecule has 1 aromatic carbocycles. The van der Waals surface area contributed by atoms with Crippen molar-refractivity contribution in [1.82, 2.24) is 0 Å². The molecule has 0 aliphatic rings. The summed E-state index contributed by atoms with van der Waals surface area (Å²) in [5.74, 6) is 0.137. The Balaban J connectivity index is 2.78. The van der Waals surface area contributed by atoms with E-state index in [4.69, 9.17) is 0 Å². The Morgan fingerprint density at radius 1 is 1.25 bits per heavy atom. The Morgan fingerprint density at radius 3 is 2.25 bits per heavy atom. The molecule has 0 unspecified atom stereocenters. The minimum absolute atomic E-state index is 0.137. The molecular weight excluding hydrogens is 148 g/mol. The first-order valence-electron chi connectivity index (χ1n) is 4.34. The Kier molecular flexibility index (Phi) is 3.03. The van der Waals surface area contributed by atoms with E-state index >= 15 is 0 Å². The number of aryl methyl sites for hydroxylation is 1. The van der Waals surface area contributed by atoms with Crippen LogP contribution in [0.25, 0.3) is 0 Å². The molecule has 0 N–H and O–H groups in total. The number of benzene rings is 1. The van der Waals surface area contributed by atoms with Gasteiger partial charge in [-0.05, 0) is 18.9 Å². The minimum atomic E-state index is 0.137. The molecular formula is C11H14O. The zero-order chi connectivity index (χ0) is 8.97. The highest BCUT2D eigenvalue weighted by Gasteiger charge is 1.97. The second-order valence-electron chi connectivity index (χ2n) is 3.00. The lowest BCUT2D eigenvalue weighted by Gasteiger charge is -1.99. The molecule has 0 fully saturated rings. The number of Topliss-reactive ketones (excluding diaryl/α,β-unsaturated/α-hetero) is 1. The van der Waals surface area contributed by atoms with Crippen molar-refractivity contribution >= 4 is 5.78 Å². The normalized spacial score (nSPS) is 9.83. The van der Waals surface area contributed by atoms with Crippen molar-refractivity contribution in [2.75, 3.05) is 0 Å². The minimum Gasteiger partial charge on any atom is -0.295 e. The van der Waals surface area contributed by atoms with Gasteiger partial charge in [0.15, 0.2) is 5.78 Å². The molecule has 0 bridgehead atoms. The third-order valence-corrected chi connectivity index (χ3v) is 1.90.